The van der Waals surface area contributed by atoms with Crippen molar-refractivity contribution < 1.29 is 15.0 Å². The number of aliphatic carboxylic acids is 1. The Morgan fingerprint density at radius 2 is 2.00 bits per heavy atom. The molecule has 2 unspecified atom stereocenters. The predicted molar refractivity (Wildman–Crippen MR) is 121 cm³/mol. The summed E-state index contributed by atoms with van der Waals surface area (Å²) in [6.45, 7) is 4.85. The van der Waals surface area contributed by atoms with Gasteiger partial charge in [0.15, 0.2) is 0 Å². The third-order valence-corrected chi connectivity index (χ3v) is 9.55. The lowest BCUT2D eigenvalue weighted by Crippen LogP contribution is -2.53. The highest BCUT2D eigenvalue weighted by molar-refractivity contribution is 5.72. The molecule has 4 heteroatoms. The average molecular weight is 422 g/mol. The number of hydrogen-bond acceptors (Lipinski definition) is 3. The Morgan fingerprint density at radius 3 is 2.74 bits per heavy atom. The van der Waals surface area contributed by atoms with Crippen LogP contribution in [0.4, 0.5) is 0 Å². The second kappa shape index (κ2) is 7.58. The van der Waals surface area contributed by atoms with Crippen molar-refractivity contribution >= 4 is 11.5 Å². The Balaban J connectivity index is 1.41. The quantitative estimate of drug-likeness (QED) is 0.631. The Labute approximate surface area is 185 Å². The van der Waals surface area contributed by atoms with E-state index in [0.29, 0.717) is 23.7 Å². The molecule has 0 bridgehead atoms. The van der Waals surface area contributed by atoms with Crippen molar-refractivity contribution in [2.24, 2.45) is 34.5 Å². The number of fused-ring (bicyclic) bond motifs is 5. The number of allylic oxidation sites excluding steroid dienone is 3. The van der Waals surface area contributed by atoms with Crippen LogP contribution in [0, 0.1) is 34.5 Å². The zero-order valence-electron chi connectivity index (χ0n) is 18.8. The van der Waals surface area contributed by atoms with Gasteiger partial charge in [-0.25, -0.2) is 0 Å². The molecule has 4 aliphatic rings. The minimum absolute atomic E-state index is 0.103. The number of aliphatic hydroxyl groups is 1. The molecule has 2 saturated carbocycles. The Morgan fingerprint density at radius 1 is 1.19 bits per heavy atom. The average Bonchev–Trinajstić information content (AvgIpc) is 3.10. The lowest BCUT2D eigenvalue weighted by atomic mass is 9.46. The summed E-state index contributed by atoms with van der Waals surface area (Å²) in [7, 11) is 0. The van der Waals surface area contributed by atoms with Gasteiger partial charge < -0.3 is 10.2 Å². The molecule has 4 aliphatic carbocycles. The normalized spacial score (nSPS) is 41.5. The zero-order chi connectivity index (χ0) is 21.8. The fourth-order valence-corrected chi connectivity index (χ4v) is 7.84. The maximum absolute atomic E-state index is 11.4. The molecule has 0 aliphatic heterocycles. The molecule has 0 aromatic carbocycles. The second-order valence-corrected chi connectivity index (χ2v) is 11.0. The van der Waals surface area contributed by atoms with Crippen LogP contribution < -0.4 is 0 Å². The highest BCUT2D eigenvalue weighted by Gasteiger charge is 2.59. The highest BCUT2D eigenvalue weighted by atomic mass is 16.4. The van der Waals surface area contributed by atoms with Crippen molar-refractivity contribution in [1.82, 2.24) is 4.98 Å². The lowest BCUT2D eigenvalue weighted by Gasteiger charge is -2.59. The Bertz CT molecular complexity index is 922. The summed E-state index contributed by atoms with van der Waals surface area (Å²) in [6, 6.07) is 4.19. The van der Waals surface area contributed by atoms with Crippen LogP contribution >= 0.6 is 0 Å². The molecule has 5 rings (SSSR count). The minimum atomic E-state index is -0.698. The van der Waals surface area contributed by atoms with Crippen molar-refractivity contribution in [2.75, 3.05) is 0 Å². The van der Waals surface area contributed by atoms with E-state index in [1.165, 1.54) is 16.7 Å². The molecule has 1 heterocycles. The van der Waals surface area contributed by atoms with Crippen LogP contribution in [0.3, 0.4) is 0 Å². The summed E-state index contributed by atoms with van der Waals surface area (Å²) in [5.74, 6) is 1.03. The van der Waals surface area contributed by atoms with Gasteiger partial charge in [-0.3, -0.25) is 9.78 Å². The summed E-state index contributed by atoms with van der Waals surface area (Å²) in [5.41, 5.74) is 4.32. The van der Waals surface area contributed by atoms with Crippen LogP contribution in [-0.4, -0.2) is 27.3 Å². The van der Waals surface area contributed by atoms with Gasteiger partial charge in [0.25, 0.3) is 0 Å². The molecule has 0 radical (unpaired) electrons. The third kappa shape index (κ3) is 3.29. The van der Waals surface area contributed by atoms with Crippen molar-refractivity contribution in [3.8, 4) is 0 Å². The number of aromatic nitrogens is 1. The molecule has 2 fully saturated rings. The first-order chi connectivity index (χ1) is 14.8. The number of carbonyl (C=O) groups is 1. The lowest BCUT2D eigenvalue weighted by molar-refractivity contribution is -0.137. The minimum Gasteiger partial charge on any atom is -0.481 e. The fraction of sp³-hybridized carbons (Fsp3) is 0.630. The monoisotopic (exact) mass is 421 g/mol. The molecule has 1 aromatic heterocycles. The second-order valence-electron chi connectivity index (χ2n) is 11.0. The SMILES string of the molecule is C[C@]12CCC(CCC(=O)O)CC1=CC(O)[C@@H]1[C@H]2CC[C@]2(C)C(c3cccnc3)=CC[C@@H]12. The van der Waals surface area contributed by atoms with Crippen molar-refractivity contribution in [3.63, 3.8) is 0 Å². The Kier molecular flexibility index (Phi) is 5.12. The van der Waals surface area contributed by atoms with Crippen molar-refractivity contribution in [3.05, 3.63) is 47.8 Å². The number of hydrogen-bond donors (Lipinski definition) is 2. The molecule has 166 valence electrons. The van der Waals surface area contributed by atoms with Gasteiger partial charge >= 0.3 is 5.97 Å². The summed E-state index contributed by atoms with van der Waals surface area (Å²) < 4.78 is 0. The van der Waals surface area contributed by atoms with Gasteiger partial charge in [0.1, 0.15) is 0 Å². The van der Waals surface area contributed by atoms with Gasteiger partial charge in [-0.05, 0) is 96.7 Å². The van der Waals surface area contributed by atoms with E-state index >= 15 is 0 Å². The number of nitrogens with zero attached hydrogens (tertiary/aromatic N) is 1. The van der Waals surface area contributed by atoms with Gasteiger partial charge in [-0.1, -0.05) is 37.6 Å². The van der Waals surface area contributed by atoms with E-state index in [9.17, 15) is 9.90 Å². The number of aliphatic hydroxyl groups excluding tert-OH is 1. The molecule has 7 atom stereocenters. The molecule has 0 saturated heterocycles. The molecular weight excluding hydrogens is 386 g/mol. The fourth-order valence-electron chi connectivity index (χ4n) is 7.84. The molecule has 4 nitrogen and oxygen atoms in total. The highest BCUT2D eigenvalue weighted by Crippen LogP contribution is 2.66. The van der Waals surface area contributed by atoms with Crippen LogP contribution in [0.5, 0.6) is 0 Å². The van der Waals surface area contributed by atoms with Gasteiger partial charge in [0.05, 0.1) is 6.10 Å². The van der Waals surface area contributed by atoms with Crippen molar-refractivity contribution in [2.45, 2.75) is 71.3 Å². The molecule has 0 amide bonds. The first kappa shape index (κ1) is 20.9. The molecule has 0 spiro atoms. The maximum atomic E-state index is 11.4. The molecular formula is C27H35NO3. The predicted octanol–water partition coefficient (Wildman–Crippen LogP) is 5.49. The van der Waals surface area contributed by atoms with Crippen molar-refractivity contribution in [1.29, 1.82) is 0 Å². The van der Waals surface area contributed by atoms with Gasteiger partial charge in [0.2, 0.25) is 0 Å². The third-order valence-electron chi connectivity index (χ3n) is 9.55. The molecule has 31 heavy (non-hydrogen) atoms. The van der Waals surface area contributed by atoms with E-state index in [1.807, 2.05) is 18.5 Å². The summed E-state index contributed by atoms with van der Waals surface area (Å²) in [4.78, 5) is 15.4. The van der Waals surface area contributed by atoms with Crippen LogP contribution in [0.1, 0.15) is 70.8 Å². The number of rotatable bonds is 4. The number of carboxylic acids is 1. The molecule has 2 N–H and O–H groups in total. The van der Waals surface area contributed by atoms with Crippen LogP contribution in [0.2, 0.25) is 0 Å². The number of pyridine rings is 1. The van der Waals surface area contributed by atoms with Gasteiger partial charge in [-0.15, -0.1) is 0 Å². The summed E-state index contributed by atoms with van der Waals surface area (Å²) in [6.07, 6.45) is 15.6. The van der Waals surface area contributed by atoms with E-state index in [2.05, 4.69) is 37.0 Å². The van der Waals surface area contributed by atoms with E-state index in [-0.39, 0.29) is 17.3 Å². The van der Waals surface area contributed by atoms with Crippen LogP contribution in [0.15, 0.2) is 42.3 Å². The summed E-state index contributed by atoms with van der Waals surface area (Å²) in [5, 5.41) is 20.4. The van der Waals surface area contributed by atoms with Gasteiger partial charge in [-0.2, -0.15) is 0 Å². The first-order valence-electron chi connectivity index (χ1n) is 12.0. The van der Waals surface area contributed by atoms with Crippen LogP contribution in [0.25, 0.3) is 5.57 Å². The van der Waals surface area contributed by atoms with Gasteiger partial charge in [0, 0.05) is 18.8 Å². The van der Waals surface area contributed by atoms with E-state index < -0.39 is 12.1 Å². The van der Waals surface area contributed by atoms with E-state index in [1.54, 1.807) is 0 Å². The zero-order valence-corrected chi connectivity index (χ0v) is 18.8. The standard InChI is InChI=1S/C27H35NO3/c1-26-11-9-17(5-8-24(30)31)14-19(26)15-23(29)25-21-7-6-20(18-4-3-13-28-16-18)27(21,2)12-10-22(25)26/h3-4,6,13,15-17,21-23,25,29H,5,7-12,14H2,1-2H3,(H,30,31)/t17?,21-,22+,23?,25-,26-,27+/m0/s1. The Hall–Kier alpha value is -1.94. The van der Waals surface area contributed by atoms with E-state index in [0.717, 1.165) is 44.9 Å². The van der Waals surface area contributed by atoms with E-state index in [4.69, 9.17) is 5.11 Å². The summed E-state index contributed by atoms with van der Waals surface area (Å²) >= 11 is 0. The van der Waals surface area contributed by atoms with Crippen LogP contribution in [-0.2, 0) is 4.79 Å². The molecule has 1 aromatic rings. The topological polar surface area (TPSA) is 70.4 Å². The smallest absolute Gasteiger partial charge is 0.303 e. The number of carboxylic acid groups (broad SMARTS) is 1. The first-order valence-corrected chi connectivity index (χ1v) is 12.0. The largest absolute Gasteiger partial charge is 0.481 e. The maximum Gasteiger partial charge on any atom is 0.303 e.